The molecule has 29 heavy (non-hydrogen) atoms. The zero-order chi connectivity index (χ0) is 21.0. The van der Waals surface area contributed by atoms with Crippen molar-refractivity contribution in [2.24, 2.45) is 0 Å². The molecule has 5 nitrogen and oxygen atoms in total. The highest BCUT2D eigenvalue weighted by Gasteiger charge is 2.34. The van der Waals surface area contributed by atoms with Crippen molar-refractivity contribution in [3.05, 3.63) is 62.7 Å². The average Bonchev–Trinajstić information content (AvgIpc) is 2.95. The van der Waals surface area contributed by atoms with E-state index in [1.54, 1.807) is 36.4 Å². The van der Waals surface area contributed by atoms with Gasteiger partial charge in [0.05, 0.1) is 16.5 Å². The number of carbonyl (C=O) groups is 2. The van der Waals surface area contributed by atoms with Crippen LogP contribution in [0.2, 0.25) is 0 Å². The molecule has 0 aliphatic carbocycles. The van der Waals surface area contributed by atoms with Crippen LogP contribution in [0.1, 0.15) is 24.5 Å². The molecule has 1 aliphatic rings. The molecule has 0 unspecified atom stereocenters. The lowest BCUT2D eigenvalue weighted by molar-refractivity contribution is -0.122. The van der Waals surface area contributed by atoms with Crippen LogP contribution in [0.3, 0.4) is 0 Å². The van der Waals surface area contributed by atoms with Crippen LogP contribution in [0, 0.1) is 5.82 Å². The van der Waals surface area contributed by atoms with E-state index in [1.807, 2.05) is 6.92 Å². The van der Waals surface area contributed by atoms with E-state index in [9.17, 15) is 14.0 Å². The van der Waals surface area contributed by atoms with Crippen molar-refractivity contribution in [3.8, 4) is 11.5 Å². The SMILES string of the molecule is CCCN1C(=O)S/C(=C/c2cc(Br)c(OCc3ccccc3F)c(OC)c2)C1=O. The van der Waals surface area contributed by atoms with E-state index in [2.05, 4.69) is 15.9 Å². The number of benzene rings is 2. The lowest BCUT2D eigenvalue weighted by atomic mass is 10.1. The maximum atomic E-state index is 13.8. The van der Waals surface area contributed by atoms with Crippen LogP contribution in [0.5, 0.6) is 11.5 Å². The summed E-state index contributed by atoms with van der Waals surface area (Å²) >= 11 is 4.37. The Bertz CT molecular complexity index is 979. The monoisotopic (exact) mass is 479 g/mol. The third kappa shape index (κ3) is 4.82. The molecule has 0 radical (unpaired) electrons. The second-order valence-electron chi connectivity index (χ2n) is 6.25. The van der Waals surface area contributed by atoms with Gasteiger partial charge in [-0.3, -0.25) is 14.5 Å². The second-order valence-corrected chi connectivity index (χ2v) is 8.10. The highest BCUT2D eigenvalue weighted by atomic mass is 79.9. The molecule has 0 spiro atoms. The lowest BCUT2D eigenvalue weighted by Crippen LogP contribution is -2.28. The number of methoxy groups -OCH3 is 1. The normalized spacial score (nSPS) is 15.3. The Labute approximate surface area is 181 Å². The van der Waals surface area contributed by atoms with Crippen LogP contribution < -0.4 is 9.47 Å². The van der Waals surface area contributed by atoms with Crippen LogP contribution in [0.25, 0.3) is 6.08 Å². The molecule has 0 saturated carbocycles. The lowest BCUT2D eigenvalue weighted by Gasteiger charge is -2.14. The molecular formula is C21H19BrFNO4S. The molecule has 152 valence electrons. The number of carbonyl (C=O) groups excluding carboxylic acids is 2. The predicted molar refractivity (Wildman–Crippen MR) is 114 cm³/mol. The zero-order valence-corrected chi connectivity index (χ0v) is 18.3. The van der Waals surface area contributed by atoms with Gasteiger partial charge in [-0.05, 0) is 64.0 Å². The topological polar surface area (TPSA) is 55.8 Å². The van der Waals surface area contributed by atoms with Gasteiger partial charge in [0, 0.05) is 12.1 Å². The number of hydrogen-bond acceptors (Lipinski definition) is 5. The first-order valence-corrected chi connectivity index (χ1v) is 10.5. The van der Waals surface area contributed by atoms with E-state index in [-0.39, 0.29) is 23.6 Å². The van der Waals surface area contributed by atoms with Crippen LogP contribution in [0.4, 0.5) is 9.18 Å². The molecule has 1 saturated heterocycles. The number of nitrogens with zero attached hydrogens (tertiary/aromatic N) is 1. The van der Waals surface area contributed by atoms with E-state index in [1.165, 1.54) is 18.1 Å². The van der Waals surface area contributed by atoms with Crippen molar-refractivity contribution >= 4 is 44.9 Å². The minimum Gasteiger partial charge on any atom is -0.493 e. The molecule has 0 N–H and O–H groups in total. The average molecular weight is 480 g/mol. The molecule has 1 heterocycles. The van der Waals surface area contributed by atoms with Gasteiger partial charge in [0.1, 0.15) is 12.4 Å². The molecule has 0 aromatic heterocycles. The fourth-order valence-electron chi connectivity index (χ4n) is 2.80. The quantitative estimate of drug-likeness (QED) is 0.482. The third-order valence-electron chi connectivity index (χ3n) is 4.20. The molecule has 8 heteroatoms. The Morgan fingerprint density at radius 2 is 2.00 bits per heavy atom. The summed E-state index contributed by atoms with van der Waals surface area (Å²) in [6.45, 7) is 2.35. The maximum Gasteiger partial charge on any atom is 0.293 e. The Balaban J connectivity index is 1.84. The van der Waals surface area contributed by atoms with Crippen LogP contribution in [-0.4, -0.2) is 29.7 Å². The summed E-state index contributed by atoms with van der Waals surface area (Å²) in [7, 11) is 1.50. The second kappa shape index (κ2) is 9.45. The zero-order valence-electron chi connectivity index (χ0n) is 15.9. The largest absolute Gasteiger partial charge is 0.493 e. The van der Waals surface area contributed by atoms with Gasteiger partial charge < -0.3 is 9.47 Å². The smallest absolute Gasteiger partial charge is 0.293 e. The van der Waals surface area contributed by atoms with Crippen molar-refractivity contribution in [1.82, 2.24) is 4.90 Å². The van der Waals surface area contributed by atoms with E-state index >= 15 is 0 Å². The molecule has 2 amide bonds. The number of hydrogen-bond donors (Lipinski definition) is 0. The van der Waals surface area contributed by atoms with Gasteiger partial charge in [-0.15, -0.1) is 0 Å². The van der Waals surface area contributed by atoms with Crippen molar-refractivity contribution in [3.63, 3.8) is 0 Å². The molecule has 1 fully saturated rings. The first-order chi connectivity index (χ1) is 13.9. The minimum atomic E-state index is -0.345. The van der Waals surface area contributed by atoms with Gasteiger partial charge in [0.2, 0.25) is 0 Å². The highest BCUT2D eigenvalue weighted by molar-refractivity contribution is 9.10. The molecule has 2 aromatic rings. The molecule has 0 bridgehead atoms. The van der Waals surface area contributed by atoms with Gasteiger partial charge in [-0.2, -0.15) is 0 Å². The predicted octanol–water partition coefficient (Wildman–Crippen LogP) is 5.62. The number of thioether (sulfide) groups is 1. The summed E-state index contributed by atoms with van der Waals surface area (Å²) in [5.74, 6) is 0.209. The number of rotatable bonds is 7. The minimum absolute atomic E-state index is 0.0386. The van der Waals surface area contributed by atoms with Gasteiger partial charge >= 0.3 is 0 Å². The van der Waals surface area contributed by atoms with Crippen molar-refractivity contribution in [2.75, 3.05) is 13.7 Å². The van der Waals surface area contributed by atoms with Crippen molar-refractivity contribution in [1.29, 1.82) is 0 Å². The summed E-state index contributed by atoms with van der Waals surface area (Å²) in [5, 5.41) is -0.265. The van der Waals surface area contributed by atoms with E-state index in [0.717, 1.165) is 11.8 Å². The van der Waals surface area contributed by atoms with Gasteiger partial charge in [0.25, 0.3) is 11.1 Å². The summed E-state index contributed by atoms with van der Waals surface area (Å²) in [4.78, 5) is 26.0. The van der Waals surface area contributed by atoms with E-state index < -0.39 is 0 Å². The summed E-state index contributed by atoms with van der Waals surface area (Å²) < 4.78 is 25.6. The first kappa shape index (κ1) is 21.4. The summed E-state index contributed by atoms with van der Waals surface area (Å²) in [5.41, 5.74) is 1.10. The first-order valence-electron chi connectivity index (χ1n) is 8.93. The number of amides is 2. The molecule has 1 aliphatic heterocycles. The number of imide groups is 1. The van der Waals surface area contributed by atoms with Gasteiger partial charge in [-0.25, -0.2) is 4.39 Å². The molecular weight excluding hydrogens is 461 g/mol. The Morgan fingerprint density at radius 1 is 1.24 bits per heavy atom. The fourth-order valence-corrected chi connectivity index (χ4v) is 4.24. The third-order valence-corrected chi connectivity index (χ3v) is 5.70. The summed E-state index contributed by atoms with van der Waals surface area (Å²) in [6, 6.07) is 9.84. The number of ether oxygens (including phenoxy) is 2. The van der Waals surface area contributed by atoms with Gasteiger partial charge in [0.15, 0.2) is 11.5 Å². The summed E-state index contributed by atoms with van der Waals surface area (Å²) in [6.07, 6.45) is 2.35. The fraction of sp³-hybridized carbons (Fsp3) is 0.238. The number of halogens is 2. The Kier molecular flexibility index (Phi) is 6.97. The van der Waals surface area contributed by atoms with E-state index in [0.29, 0.717) is 45.0 Å². The standard InChI is InChI=1S/C21H19BrFNO4S/c1-3-8-24-20(25)18(29-21(24)26)11-13-9-15(22)19(17(10-13)27-2)28-12-14-6-4-5-7-16(14)23/h4-7,9-11H,3,8,12H2,1-2H3/b18-11+. The molecule has 0 atom stereocenters. The van der Waals surface area contributed by atoms with Gasteiger partial charge in [-0.1, -0.05) is 25.1 Å². The van der Waals surface area contributed by atoms with E-state index in [4.69, 9.17) is 9.47 Å². The van der Waals surface area contributed by atoms with Crippen LogP contribution >= 0.6 is 27.7 Å². The van der Waals surface area contributed by atoms with Crippen molar-refractivity contribution in [2.45, 2.75) is 20.0 Å². The highest BCUT2D eigenvalue weighted by Crippen LogP contribution is 2.39. The molecule has 3 rings (SSSR count). The van der Waals surface area contributed by atoms with Crippen molar-refractivity contribution < 1.29 is 23.5 Å². The maximum absolute atomic E-state index is 13.8. The van der Waals surface area contributed by atoms with Crippen LogP contribution in [-0.2, 0) is 11.4 Å². The Morgan fingerprint density at radius 3 is 2.69 bits per heavy atom. The van der Waals surface area contributed by atoms with Crippen LogP contribution in [0.15, 0.2) is 45.8 Å². The Hall–Kier alpha value is -2.32. The molecule has 2 aromatic carbocycles.